The molecular weight excluding hydrogens is 158 g/mol. The zero-order valence-electron chi connectivity index (χ0n) is 8.92. The summed E-state index contributed by atoms with van der Waals surface area (Å²) >= 11 is 0. The second-order valence-electron chi connectivity index (χ2n) is 3.90. The van der Waals surface area contributed by atoms with Crippen LogP contribution in [0.4, 0.5) is 0 Å². The van der Waals surface area contributed by atoms with Crippen LogP contribution < -0.4 is 0 Å². The van der Waals surface area contributed by atoms with E-state index in [0.717, 1.165) is 12.5 Å². The fourth-order valence-electron chi connectivity index (χ4n) is 1.92. The van der Waals surface area contributed by atoms with Gasteiger partial charge in [0.25, 0.3) is 0 Å². The number of allylic oxidation sites excluding steroid dienone is 1. The number of hydrogen-bond donors (Lipinski definition) is 0. The predicted octanol–water partition coefficient (Wildman–Crippen LogP) is 3.60. The summed E-state index contributed by atoms with van der Waals surface area (Å²) < 4.78 is 0. The van der Waals surface area contributed by atoms with Crippen LogP contribution in [0.3, 0.4) is 0 Å². The molecule has 1 aliphatic heterocycles. The van der Waals surface area contributed by atoms with Gasteiger partial charge in [0.05, 0.1) is 0 Å². The summed E-state index contributed by atoms with van der Waals surface area (Å²) in [5.74, 6) is 0.905. The minimum absolute atomic E-state index is 0.905. The van der Waals surface area contributed by atoms with E-state index in [2.05, 4.69) is 24.9 Å². The van der Waals surface area contributed by atoms with Gasteiger partial charge in [-0.1, -0.05) is 38.7 Å². The van der Waals surface area contributed by atoms with E-state index < -0.39 is 0 Å². The first-order valence-electron chi connectivity index (χ1n) is 5.54. The summed E-state index contributed by atoms with van der Waals surface area (Å²) in [7, 11) is 0. The molecule has 13 heavy (non-hydrogen) atoms. The van der Waals surface area contributed by atoms with Crippen LogP contribution in [0.15, 0.2) is 16.6 Å². The Bertz CT molecular complexity index is 191. The highest BCUT2D eigenvalue weighted by molar-refractivity contribution is 5.73. The van der Waals surface area contributed by atoms with E-state index in [1.54, 1.807) is 5.57 Å². The molecule has 1 heterocycles. The van der Waals surface area contributed by atoms with Crippen LogP contribution in [-0.4, -0.2) is 12.8 Å². The number of hydrogen-bond acceptors (Lipinski definition) is 1. The molecule has 0 bridgehead atoms. The van der Waals surface area contributed by atoms with Crippen LogP contribution in [0.2, 0.25) is 0 Å². The molecule has 1 atom stereocenters. The van der Waals surface area contributed by atoms with Gasteiger partial charge in [-0.25, -0.2) is 0 Å². The van der Waals surface area contributed by atoms with Crippen molar-refractivity contribution in [1.29, 1.82) is 0 Å². The Kier molecular flexibility index (Phi) is 4.81. The first kappa shape index (κ1) is 10.5. The molecule has 0 aromatic carbocycles. The van der Waals surface area contributed by atoms with E-state index in [1.165, 1.54) is 32.1 Å². The van der Waals surface area contributed by atoms with Gasteiger partial charge in [-0.05, 0) is 24.8 Å². The van der Waals surface area contributed by atoms with E-state index in [1.807, 2.05) is 6.21 Å². The molecule has 74 valence electrons. The SMILES string of the molecule is CCCC(CC)CC1=CC=NCC1. The minimum atomic E-state index is 0.905. The summed E-state index contributed by atoms with van der Waals surface area (Å²) in [4.78, 5) is 4.21. The van der Waals surface area contributed by atoms with Crippen LogP contribution in [0, 0.1) is 5.92 Å². The van der Waals surface area contributed by atoms with Crippen LogP contribution in [0.25, 0.3) is 0 Å². The maximum Gasteiger partial charge on any atom is 0.0426 e. The van der Waals surface area contributed by atoms with Gasteiger partial charge >= 0.3 is 0 Å². The van der Waals surface area contributed by atoms with Gasteiger partial charge in [0.15, 0.2) is 0 Å². The highest BCUT2D eigenvalue weighted by Crippen LogP contribution is 2.22. The van der Waals surface area contributed by atoms with Crippen molar-refractivity contribution >= 4 is 6.21 Å². The van der Waals surface area contributed by atoms with Crippen molar-refractivity contribution in [2.24, 2.45) is 10.9 Å². The van der Waals surface area contributed by atoms with E-state index >= 15 is 0 Å². The zero-order chi connectivity index (χ0) is 9.52. The molecule has 0 radical (unpaired) electrons. The number of nitrogens with zero attached hydrogens (tertiary/aromatic N) is 1. The third-order valence-electron chi connectivity index (χ3n) is 2.80. The highest BCUT2D eigenvalue weighted by atomic mass is 14.7. The Morgan fingerprint density at radius 2 is 2.31 bits per heavy atom. The molecule has 1 nitrogen and oxygen atoms in total. The fraction of sp³-hybridized carbons (Fsp3) is 0.750. The summed E-state index contributed by atoms with van der Waals surface area (Å²) in [6.45, 7) is 5.59. The van der Waals surface area contributed by atoms with E-state index in [4.69, 9.17) is 0 Å². The van der Waals surface area contributed by atoms with Crippen LogP contribution in [-0.2, 0) is 0 Å². The summed E-state index contributed by atoms with van der Waals surface area (Å²) in [6, 6.07) is 0. The zero-order valence-corrected chi connectivity index (χ0v) is 8.92. The van der Waals surface area contributed by atoms with E-state index in [9.17, 15) is 0 Å². The molecule has 1 unspecified atom stereocenters. The van der Waals surface area contributed by atoms with Gasteiger partial charge in [-0.3, -0.25) is 4.99 Å². The van der Waals surface area contributed by atoms with Gasteiger partial charge in [-0.2, -0.15) is 0 Å². The molecule has 0 saturated carbocycles. The van der Waals surface area contributed by atoms with Gasteiger partial charge in [-0.15, -0.1) is 0 Å². The lowest BCUT2D eigenvalue weighted by Gasteiger charge is -2.16. The maximum atomic E-state index is 4.21. The van der Waals surface area contributed by atoms with Crippen molar-refractivity contribution in [2.45, 2.75) is 46.0 Å². The first-order chi connectivity index (χ1) is 6.36. The van der Waals surface area contributed by atoms with Crippen LogP contribution >= 0.6 is 0 Å². The molecule has 0 aromatic heterocycles. The maximum absolute atomic E-state index is 4.21. The molecule has 1 aliphatic rings. The summed E-state index contributed by atoms with van der Waals surface area (Å²) in [5, 5.41) is 0. The van der Waals surface area contributed by atoms with Crippen molar-refractivity contribution in [3.8, 4) is 0 Å². The molecule has 0 aromatic rings. The molecule has 0 N–H and O–H groups in total. The molecule has 0 fully saturated rings. The molecule has 0 saturated heterocycles. The lowest BCUT2D eigenvalue weighted by molar-refractivity contribution is 0.455. The molecule has 0 spiro atoms. The Hall–Kier alpha value is -0.590. The van der Waals surface area contributed by atoms with Crippen LogP contribution in [0.5, 0.6) is 0 Å². The normalized spacial score (nSPS) is 18.5. The largest absolute Gasteiger partial charge is 0.293 e. The summed E-state index contributed by atoms with van der Waals surface area (Å²) in [5.41, 5.74) is 1.61. The standard InChI is InChI=1S/C12H21N/c1-3-5-11(4-2)10-12-6-8-13-9-7-12/h6,8,11H,3-5,7,9-10H2,1-2H3. The third-order valence-corrected chi connectivity index (χ3v) is 2.80. The highest BCUT2D eigenvalue weighted by Gasteiger charge is 2.08. The topological polar surface area (TPSA) is 12.4 Å². The Morgan fingerprint density at radius 3 is 2.85 bits per heavy atom. The van der Waals surface area contributed by atoms with Gasteiger partial charge in [0.1, 0.15) is 0 Å². The second kappa shape index (κ2) is 5.95. The molecule has 1 heteroatoms. The monoisotopic (exact) mass is 179 g/mol. The smallest absolute Gasteiger partial charge is 0.0426 e. The Balaban J connectivity index is 2.35. The molecular formula is C12H21N. The third kappa shape index (κ3) is 3.75. The van der Waals surface area contributed by atoms with Crippen molar-refractivity contribution in [3.63, 3.8) is 0 Å². The van der Waals surface area contributed by atoms with Gasteiger partial charge in [0, 0.05) is 12.8 Å². The number of aliphatic imine (C=N–C) groups is 1. The second-order valence-corrected chi connectivity index (χ2v) is 3.90. The quantitative estimate of drug-likeness (QED) is 0.611. The van der Waals surface area contributed by atoms with Gasteiger partial charge in [0.2, 0.25) is 0 Å². The molecule has 1 rings (SSSR count). The Morgan fingerprint density at radius 1 is 1.46 bits per heavy atom. The predicted molar refractivity (Wildman–Crippen MR) is 59.4 cm³/mol. The number of dihydropyridines is 1. The first-order valence-corrected chi connectivity index (χ1v) is 5.54. The van der Waals surface area contributed by atoms with Crippen molar-refractivity contribution in [1.82, 2.24) is 0 Å². The van der Waals surface area contributed by atoms with Crippen LogP contribution in [0.1, 0.15) is 46.0 Å². The lowest BCUT2D eigenvalue weighted by atomic mass is 9.91. The van der Waals surface area contributed by atoms with E-state index in [-0.39, 0.29) is 0 Å². The minimum Gasteiger partial charge on any atom is -0.293 e. The van der Waals surface area contributed by atoms with Crippen molar-refractivity contribution in [2.75, 3.05) is 6.54 Å². The summed E-state index contributed by atoms with van der Waals surface area (Å²) in [6.07, 6.45) is 10.7. The van der Waals surface area contributed by atoms with E-state index in [0.29, 0.717) is 0 Å². The average molecular weight is 179 g/mol. The molecule has 0 amide bonds. The fourth-order valence-corrected chi connectivity index (χ4v) is 1.92. The number of rotatable bonds is 5. The molecule has 0 aliphatic carbocycles. The average Bonchev–Trinajstić information content (AvgIpc) is 2.19. The lowest BCUT2D eigenvalue weighted by Crippen LogP contribution is -2.03. The Labute approximate surface area is 82.0 Å². The van der Waals surface area contributed by atoms with Crippen molar-refractivity contribution in [3.05, 3.63) is 11.6 Å². The van der Waals surface area contributed by atoms with Gasteiger partial charge < -0.3 is 0 Å². The van der Waals surface area contributed by atoms with Crippen molar-refractivity contribution < 1.29 is 0 Å².